The molecule has 1 aromatic heterocycles. The first kappa shape index (κ1) is 13.5. The van der Waals surface area contributed by atoms with E-state index in [-0.39, 0.29) is 12.0 Å². The van der Waals surface area contributed by atoms with Gasteiger partial charge in [-0.2, -0.15) is 0 Å². The summed E-state index contributed by atoms with van der Waals surface area (Å²) in [7, 11) is 1.37. The number of rotatable bonds is 5. The number of methoxy groups -OCH3 is 1. The van der Waals surface area contributed by atoms with Crippen LogP contribution in [0.5, 0.6) is 0 Å². The zero-order chi connectivity index (χ0) is 12.8. The minimum Gasteiger partial charge on any atom is -0.465 e. The van der Waals surface area contributed by atoms with E-state index in [1.165, 1.54) is 7.11 Å². The summed E-state index contributed by atoms with van der Waals surface area (Å²) < 4.78 is 4.73. The summed E-state index contributed by atoms with van der Waals surface area (Å²) in [5.41, 5.74) is 0.477. The smallest absolute Gasteiger partial charge is 0.341 e. The highest BCUT2D eigenvalue weighted by atomic mass is 16.5. The second-order valence-corrected chi connectivity index (χ2v) is 4.21. The Bertz CT molecular complexity index is 379. The van der Waals surface area contributed by atoms with Crippen LogP contribution in [0.15, 0.2) is 18.3 Å². The van der Waals surface area contributed by atoms with Crippen LogP contribution in [0.3, 0.4) is 0 Å². The molecule has 1 aromatic rings. The first-order chi connectivity index (χ1) is 8.10. The average molecular weight is 236 g/mol. The van der Waals surface area contributed by atoms with Crippen molar-refractivity contribution in [3.8, 4) is 0 Å². The van der Waals surface area contributed by atoms with Gasteiger partial charge >= 0.3 is 5.97 Å². The predicted molar refractivity (Wildman–Crippen MR) is 68.1 cm³/mol. The maximum Gasteiger partial charge on any atom is 0.341 e. The number of ether oxygens (including phenoxy) is 1. The van der Waals surface area contributed by atoms with Crippen molar-refractivity contribution in [1.29, 1.82) is 0 Å². The Morgan fingerprint density at radius 1 is 1.53 bits per heavy atom. The van der Waals surface area contributed by atoms with Crippen molar-refractivity contribution in [2.45, 2.75) is 33.2 Å². The van der Waals surface area contributed by atoms with Crippen LogP contribution in [0.25, 0.3) is 0 Å². The summed E-state index contributed by atoms with van der Waals surface area (Å²) in [5.74, 6) is 0.742. The number of anilines is 1. The van der Waals surface area contributed by atoms with E-state index in [4.69, 9.17) is 4.74 Å². The summed E-state index contributed by atoms with van der Waals surface area (Å²) >= 11 is 0. The highest BCUT2D eigenvalue weighted by molar-refractivity contribution is 5.94. The number of nitrogens with zero attached hydrogens (tertiary/aromatic N) is 1. The van der Waals surface area contributed by atoms with Gasteiger partial charge in [-0.15, -0.1) is 0 Å². The molecule has 1 N–H and O–H groups in total. The molecular weight excluding hydrogens is 216 g/mol. The molecule has 0 fully saturated rings. The number of pyridine rings is 1. The fraction of sp³-hybridized carbons (Fsp3) is 0.538. The number of carbonyl (C=O) groups is 1. The van der Waals surface area contributed by atoms with E-state index in [1.54, 1.807) is 18.3 Å². The van der Waals surface area contributed by atoms with E-state index in [0.29, 0.717) is 17.3 Å². The topological polar surface area (TPSA) is 51.2 Å². The SMILES string of the molecule is CCC(C)C(C)Nc1ncccc1C(=O)OC. The summed E-state index contributed by atoms with van der Waals surface area (Å²) in [6, 6.07) is 3.70. The van der Waals surface area contributed by atoms with Crippen LogP contribution in [0.1, 0.15) is 37.6 Å². The van der Waals surface area contributed by atoms with Crippen LogP contribution in [0, 0.1) is 5.92 Å². The Morgan fingerprint density at radius 2 is 2.24 bits per heavy atom. The van der Waals surface area contributed by atoms with Gasteiger partial charge in [-0.3, -0.25) is 0 Å². The van der Waals surface area contributed by atoms with E-state index in [0.717, 1.165) is 6.42 Å². The van der Waals surface area contributed by atoms with Gasteiger partial charge < -0.3 is 10.1 Å². The van der Waals surface area contributed by atoms with Crippen LogP contribution < -0.4 is 5.32 Å². The molecule has 17 heavy (non-hydrogen) atoms. The third-order valence-corrected chi connectivity index (χ3v) is 3.07. The lowest BCUT2D eigenvalue weighted by atomic mass is 10.0. The number of hydrogen-bond donors (Lipinski definition) is 1. The molecule has 0 amide bonds. The van der Waals surface area contributed by atoms with Gasteiger partial charge in [0, 0.05) is 12.2 Å². The maximum absolute atomic E-state index is 11.6. The molecule has 4 nitrogen and oxygen atoms in total. The molecule has 2 atom stereocenters. The number of nitrogens with one attached hydrogen (secondary N) is 1. The lowest BCUT2D eigenvalue weighted by Gasteiger charge is -2.21. The van der Waals surface area contributed by atoms with Crippen LogP contribution in [0.4, 0.5) is 5.82 Å². The minimum absolute atomic E-state index is 0.262. The van der Waals surface area contributed by atoms with Crippen molar-refractivity contribution < 1.29 is 9.53 Å². The highest BCUT2D eigenvalue weighted by Crippen LogP contribution is 2.17. The van der Waals surface area contributed by atoms with E-state index in [9.17, 15) is 4.79 Å². The lowest BCUT2D eigenvalue weighted by molar-refractivity contribution is 0.0601. The molecule has 4 heteroatoms. The molecule has 0 aromatic carbocycles. The van der Waals surface area contributed by atoms with Crippen molar-refractivity contribution in [2.24, 2.45) is 5.92 Å². The van der Waals surface area contributed by atoms with Gasteiger partial charge in [0.2, 0.25) is 0 Å². The van der Waals surface area contributed by atoms with Crippen molar-refractivity contribution in [3.63, 3.8) is 0 Å². The normalized spacial score (nSPS) is 13.9. The summed E-state index contributed by atoms with van der Waals surface area (Å²) in [6.07, 6.45) is 2.74. The van der Waals surface area contributed by atoms with E-state index >= 15 is 0 Å². The number of aromatic nitrogens is 1. The van der Waals surface area contributed by atoms with Crippen molar-refractivity contribution in [3.05, 3.63) is 23.9 Å². The first-order valence-electron chi connectivity index (χ1n) is 5.90. The van der Waals surface area contributed by atoms with Gasteiger partial charge in [-0.25, -0.2) is 9.78 Å². The molecule has 0 saturated carbocycles. The molecule has 0 bridgehead atoms. The van der Waals surface area contributed by atoms with Crippen LogP contribution in [0.2, 0.25) is 0 Å². The van der Waals surface area contributed by atoms with Gasteiger partial charge in [0.1, 0.15) is 11.4 Å². The molecule has 0 radical (unpaired) electrons. The quantitative estimate of drug-likeness (QED) is 0.799. The molecule has 1 rings (SSSR count). The molecule has 1 heterocycles. The third kappa shape index (κ3) is 3.44. The Balaban J connectivity index is 2.87. The molecule has 2 unspecified atom stereocenters. The standard InChI is InChI=1S/C13H20N2O2/c1-5-9(2)10(3)15-12-11(13(16)17-4)7-6-8-14-12/h6-10H,5H2,1-4H3,(H,14,15). The van der Waals surface area contributed by atoms with E-state index < -0.39 is 0 Å². The second kappa shape index (κ2) is 6.23. The minimum atomic E-state index is -0.364. The molecule has 0 aliphatic rings. The molecular formula is C13H20N2O2. The molecule has 0 saturated heterocycles. The Morgan fingerprint density at radius 3 is 2.82 bits per heavy atom. The largest absolute Gasteiger partial charge is 0.465 e. The van der Waals surface area contributed by atoms with Gasteiger partial charge in [0.05, 0.1) is 7.11 Å². The summed E-state index contributed by atoms with van der Waals surface area (Å²) in [4.78, 5) is 15.7. The van der Waals surface area contributed by atoms with Crippen molar-refractivity contribution in [2.75, 3.05) is 12.4 Å². The number of hydrogen-bond acceptors (Lipinski definition) is 4. The second-order valence-electron chi connectivity index (χ2n) is 4.21. The average Bonchev–Trinajstić information content (AvgIpc) is 2.37. The van der Waals surface area contributed by atoms with Gasteiger partial charge in [0.15, 0.2) is 0 Å². The van der Waals surface area contributed by atoms with E-state index in [1.807, 2.05) is 0 Å². The number of esters is 1. The van der Waals surface area contributed by atoms with Gasteiger partial charge in [-0.05, 0) is 25.0 Å². The van der Waals surface area contributed by atoms with E-state index in [2.05, 4.69) is 31.1 Å². The number of carbonyl (C=O) groups excluding carboxylic acids is 1. The highest BCUT2D eigenvalue weighted by Gasteiger charge is 2.16. The maximum atomic E-state index is 11.6. The summed E-state index contributed by atoms with van der Waals surface area (Å²) in [6.45, 7) is 6.39. The monoisotopic (exact) mass is 236 g/mol. The Kier molecular flexibility index (Phi) is 4.94. The molecule has 0 spiro atoms. The molecule has 0 aliphatic heterocycles. The predicted octanol–water partition coefficient (Wildman–Crippen LogP) is 2.71. The molecule has 0 aliphatic carbocycles. The molecule has 94 valence electrons. The zero-order valence-corrected chi connectivity index (χ0v) is 10.9. The fourth-order valence-electron chi connectivity index (χ4n) is 1.51. The summed E-state index contributed by atoms with van der Waals surface area (Å²) in [5, 5.41) is 3.26. The van der Waals surface area contributed by atoms with Crippen molar-refractivity contribution >= 4 is 11.8 Å². The van der Waals surface area contributed by atoms with Crippen LogP contribution in [-0.2, 0) is 4.74 Å². The fourth-order valence-corrected chi connectivity index (χ4v) is 1.51. The van der Waals surface area contributed by atoms with Gasteiger partial charge in [-0.1, -0.05) is 20.3 Å². The Hall–Kier alpha value is -1.58. The van der Waals surface area contributed by atoms with Crippen LogP contribution in [-0.4, -0.2) is 24.1 Å². The lowest BCUT2D eigenvalue weighted by Crippen LogP contribution is -2.25. The van der Waals surface area contributed by atoms with Crippen LogP contribution >= 0.6 is 0 Å². The van der Waals surface area contributed by atoms with Crippen molar-refractivity contribution in [1.82, 2.24) is 4.98 Å². The first-order valence-corrected chi connectivity index (χ1v) is 5.90. The zero-order valence-electron chi connectivity index (χ0n) is 10.9. The Labute approximate surface area is 102 Å². The van der Waals surface area contributed by atoms with Gasteiger partial charge in [0.25, 0.3) is 0 Å². The third-order valence-electron chi connectivity index (χ3n) is 3.07.